The minimum Gasteiger partial charge on any atom is -0.399 e. The van der Waals surface area contributed by atoms with Gasteiger partial charge >= 0.3 is 0 Å². The summed E-state index contributed by atoms with van der Waals surface area (Å²) >= 11 is 13.5. The zero-order valence-electron chi connectivity index (χ0n) is 10.7. The van der Waals surface area contributed by atoms with Crippen LogP contribution in [0.5, 0.6) is 0 Å². The predicted molar refractivity (Wildman–Crippen MR) is 83.7 cm³/mol. The van der Waals surface area contributed by atoms with Gasteiger partial charge in [0.25, 0.3) is 5.91 Å². The first kappa shape index (κ1) is 15.1. The number of nitrogen functional groups attached to an aromatic ring is 1. The summed E-state index contributed by atoms with van der Waals surface area (Å²) in [6.45, 7) is 2.46. The molecule has 1 aromatic heterocycles. The first-order valence-corrected chi connectivity index (χ1v) is 7.54. The lowest BCUT2D eigenvalue weighted by molar-refractivity contribution is 0.0952. The molecule has 0 radical (unpaired) electrons. The third-order valence-corrected chi connectivity index (χ3v) is 4.55. The molecule has 0 aliphatic heterocycles. The van der Waals surface area contributed by atoms with Gasteiger partial charge in [-0.25, -0.2) is 4.98 Å². The van der Waals surface area contributed by atoms with Crippen LogP contribution >= 0.6 is 34.5 Å². The smallest absolute Gasteiger partial charge is 0.252 e. The highest BCUT2D eigenvalue weighted by molar-refractivity contribution is 7.09. The fraction of sp³-hybridized carbons (Fsp3) is 0.231. The number of thiazole rings is 1. The molecule has 2 rings (SSSR count). The van der Waals surface area contributed by atoms with Gasteiger partial charge in [-0.15, -0.1) is 11.3 Å². The Morgan fingerprint density at radius 3 is 2.90 bits per heavy atom. The summed E-state index contributed by atoms with van der Waals surface area (Å²) in [7, 11) is 0. The van der Waals surface area contributed by atoms with Crippen molar-refractivity contribution in [3.8, 4) is 0 Å². The van der Waals surface area contributed by atoms with Gasteiger partial charge in [0, 0.05) is 29.7 Å². The molecule has 0 aliphatic carbocycles. The maximum absolute atomic E-state index is 12.1. The Hall–Kier alpha value is -1.30. The van der Waals surface area contributed by atoms with Crippen molar-refractivity contribution in [2.75, 3.05) is 12.3 Å². The molecule has 3 N–H and O–H groups in total. The summed E-state index contributed by atoms with van der Waals surface area (Å²) in [5, 5.41) is 6.17. The standard InChI is InChI=1S/C13H13Cl2N3OS/c1-7(13-17-2-3-20-13)6-18-12(19)9-4-8(16)5-10(14)11(9)15/h2-5,7H,6,16H2,1H3,(H,18,19). The van der Waals surface area contributed by atoms with Crippen LogP contribution in [-0.2, 0) is 0 Å². The van der Waals surface area contributed by atoms with Crippen LogP contribution < -0.4 is 11.1 Å². The molecule has 1 unspecified atom stereocenters. The lowest BCUT2D eigenvalue weighted by Gasteiger charge is -2.12. The summed E-state index contributed by atoms with van der Waals surface area (Å²) in [6, 6.07) is 3.02. The van der Waals surface area contributed by atoms with Gasteiger partial charge in [-0.05, 0) is 12.1 Å². The van der Waals surface area contributed by atoms with Crippen molar-refractivity contribution >= 4 is 46.1 Å². The number of hydrogen-bond acceptors (Lipinski definition) is 4. The maximum atomic E-state index is 12.1. The van der Waals surface area contributed by atoms with E-state index in [2.05, 4.69) is 10.3 Å². The number of nitrogens with zero attached hydrogens (tertiary/aromatic N) is 1. The van der Waals surface area contributed by atoms with Gasteiger partial charge in [0.1, 0.15) is 0 Å². The first-order valence-electron chi connectivity index (χ1n) is 5.91. The zero-order valence-corrected chi connectivity index (χ0v) is 13.0. The summed E-state index contributed by atoms with van der Waals surface area (Å²) < 4.78 is 0. The van der Waals surface area contributed by atoms with Crippen molar-refractivity contribution in [3.63, 3.8) is 0 Å². The quantitative estimate of drug-likeness (QED) is 0.842. The fourth-order valence-electron chi connectivity index (χ4n) is 1.68. The molecule has 0 bridgehead atoms. The topological polar surface area (TPSA) is 68.0 Å². The van der Waals surface area contributed by atoms with Crippen molar-refractivity contribution in [1.29, 1.82) is 0 Å². The highest BCUT2D eigenvalue weighted by Gasteiger charge is 2.16. The van der Waals surface area contributed by atoms with Gasteiger partial charge in [0.15, 0.2) is 0 Å². The van der Waals surface area contributed by atoms with E-state index >= 15 is 0 Å². The van der Waals surface area contributed by atoms with E-state index in [0.29, 0.717) is 12.2 Å². The molecule has 0 aliphatic rings. The van der Waals surface area contributed by atoms with E-state index < -0.39 is 0 Å². The Kier molecular flexibility index (Phi) is 4.86. The molecule has 0 spiro atoms. The number of halogens is 2. The summed E-state index contributed by atoms with van der Waals surface area (Å²) in [5.74, 6) is -0.165. The predicted octanol–water partition coefficient (Wildman–Crippen LogP) is 3.57. The summed E-state index contributed by atoms with van der Waals surface area (Å²) in [6.07, 6.45) is 1.74. The van der Waals surface area contributed by atoms with Crippen LogP contribution in [0.25, 0.3) is 0 Å². The number of amides is 1. The number of benzene rings is 1. The Labute approximate surface area is 130 Å². The number of rotatable bonds is 4. The Morgan fingerprint density at radius 2 is 2.25 bits per heavy atom. The molecule has 1 aromatic carbocycles. The van der Waals surface area contributed by atoms with Crippen LogP contribution in [0, 0.1) is 0 Å². The lowest BCUT2D eigenvalue weighted by Crippen LogP contribution is -2.27. The van der Waals surface area contributed by atoms with Crippen molar-refractivity contribution < 1.29 is 4.79 Å². The molecular formula is C13H13Cl2N3OS. The van der Waals surface area contributed by atoms with Crippen LogP contribution in [0.4, 0.5) is 5.69 Å². The highest BCUT2D eigenvalue weighted by Crippen LogP contribution is 2.28. The number of nitrogens with one attached hydrogen (secondary N) is 1. The monoisotopic (exact) mass is 329 g/mol. The van der Waals surface area contributed by atoms with Crippen molar-refractivity contribution in [2.45, 2.75) is 12.8 Å². The lowest BCUT2D eigenvalue weighted by atomic mass is 10.1. The van der Waals surface area contributed by atoms with E-state index in [0.717, 1.165) is 5.01 Å². The van der Waals surface area contributed by atoms with Gasteiger partial charge in [-0.3, -0.25) is 4.79 Å². The molecule has 0 saturated carbocycles. The van der Waals surface area contributed by atoms with E-state index in [1.54, 1.807) is 17.5 Å². The molecule has 106 valence electrons. The van der Waals surface area contributed by atoms with Gasteiger partial charge in [0.05, 0.1) is 20.6 Å². The van der Waals surface area contributed by atoms with E-state index in [1.165, 1.54) is 12.1 Å². The minimum absolute atomic E-state index is 0.134. The number of carbonyl (C=O) groups excluding carboxylic acids is 1. The van der Waals surface area contributed by atoms with E-state index in [1.807, 2.05) is 12.3 Å². The van der Waals surface area contributed by atoms with Crippen LogP contribution in [0.3, 0.4) is 0 Å². The van der Waals surface area contributed by atoms with Crippen LogP contribution in [0.1, 0.15) is 28.2 Å². The van der Waals surface area contributed by atoms with E-state index in [4.69, 9.17) is 28.9 Å². The number of hydrogen-bond donors (Lipinski definition) is 2. The molecule has 7 heteroatoms. The molecule has 1 heterocycles. The molecule has 2 aromatic rings. The minimum atomic E-state index is -0.299. The average Bonchev–Trinajstić information content (AvgIpc) is 2.93. The van der Waals surface area contributed by atoms with Crippen molar-refractivity contribution in [1.82, 2.24) is 10.3 Å². The normalized spacial score (nSPS) is 12.2. The number of carbonyl (C=O) groups is 1. The Balaban J connectivity index is 2.06. The summed E-state index contributed by atoms with van der Waals surface area (Å²) in [4.78, 5) is 16.3. The van der Waals surface area contributed by atoms with Gasteiger partial charge in [0.2, 0.25) is 0 Å². The van der Waals surface area contributed by atoms with Gasteiger partial charge < -0.3 is 11.1 Å². The number of nitrogens with two attached hydrogens (primary N) is 1. The molecule has 20 heavy (non-hydrogen) atoms. The zero-order chi connectivity index (χ0) is 14.7. The van der Waals surface area contributed by atoms with Gasteiger partial charge in [-0.2, -0.15) is 0 Å². The van der Waals surface area contributed by atoms with E-state index in [-0.39, 0.29) is 27.4 Å². The van der Waals surface area contributed by atoms with Crippen LogP contribution in [-0.4, -0.2) is 17.4 Å². The maximum Gasteiger partial charge on any atom is 0.252 e. The first-order chi connectivity index (χ1) is 9.49. The highest BCUT2D eigenvalue weighted by atomic mass is 35.5. The van der Waals surface area contributed by atoms with Crippen LogP contribution in [0.2, 0.25) is 10.0 Å². The largest absolute Gasteiger partial charge is 0.399 e. The summed E-state index contributed by atoms with van der Waals surface area (Å²) in [5.41, 5.74) is 6.35. The number of anilines is 1. The van der Waals surface area contributed by atoms with E-state index in [9.17, 15) is 4.79 Å². The Bertz CT molecular complexity index is 616. The molecule has 1 atom stereocenters. The molecule has 0 saturated heterocycles. The number of aromatic nitrogens is 1. The van der Waals surface area contributed by atoms with Crippen molar-refractivity contribution in [3.05, 3.63) is 44.3 Å². The van der Waals surface area contributed by atoms with Crippen LogP contribution in [0.15, 0.2) is 23.7 Å². The molecule has 0 fully saturated rings. The fourth-order valence-corrected chi connectivity index (χ4v) is 2.80. The second-order valence-electron chi connectivity index (χ2n) is 4.35. The second kappa shape index (κ2) is 6.43. The third-order valence-electron chi connectivity index (χ3n) is 2.74. The second-order valence-corrected chi connectivity index (χ2v) is 6.06. The van der Waals surface area contributed by atoms with Crippen molar-refractivity contribution in [2.24, 2.45) is 0 Å². The molecular weight excluding hydrogens is 317 g/mol. The SMILES string of the molecule is CC(CNC(=O)c1cc(N)cc(Cl)c1Cl)c1nccs1. The molecule has 1 amide bonds. The molecule has 4 nitrogen and oxygen atoms in total. The Morgan fingerprint density at radius 1 is 1.50 bits per heavy atom. The average molecular weight is 330 g/mol. The third kappa shape index (κ3) is 3.42. The van der Waals surface area contributed by atoms with Gasteiger partial charge in [-0.1, -0.05) is 30.1 Å².